The van der Waals surface area contributed by atoms with E-state index in [2.05, 4.69) is 21.2 Å². The lowest BCUT2D eigenvalue weighted by atomic mass is 10.1. The van der Waals surface area contributed by atoms with Crippen molar-refractivity contribution in [2.75, 3.05) is 11.1 Å². The number of phenols is 1. The fourth-order valence-corrected chi connectivity index (χ4v) is 2.29. The van der Waals surface area contributed by atoms with Crippen LogP contribution in [0.25, 0.3) is 0 Å². The van der Waals surface area contributed by atoms with E-state index in [0.29, 0.717) is 21.4 Å². The molecular formula is C14H12BrF3N2O. The van der Waals surface area contributed by atoms with Crippen molar-refractivity contribution >= 4 is 27.3 Å². The van der Waals surface area contributed by atoms with Crippen LogP contribution in [0.1, 0.15) is 11.1 Å². The minimum Gasteiger partial charge on any atom is -0.508 e. The molecule has 4 N–H and O–H groups in total. The lowest BCUT2D eigenvalue weighted by Gasteiger charge is -2.13. The Morgan fingerprint density at radius 1 is 1.14 bits per heavy atom. The predicted molar refractivity (Wildman–Crippen MR) is 79.0 cm³/mol. The highest BCUT2D eigenvalue weighted by molar-refractivity contribution is 9.10. The Hall–Kier alpha value is -1.89. The fourth-order valence-electron chi connectivity index (χ4n) is 1.77. The minimum atomic E-state index is -4.38. The van der Waals surface area contributed by atoms with Crippen LogP contribution < -0.4 is 11.1 Å². The lowest BCUT2D eigenvalue weighted by molar-refractivity contribution is -0.137. The van der Waals surface area contributed by atoms with Crippen LogP contribution in [0.4, 0.5) is 24.5 Å². The van der Waals surface area contributed by atoms with E-state index in [0.717, 1.165) is 12.1 Å². The Balaban J connectivity index is 2.15. The van der Waals surface area contributed by atoms with Gasteiger partial charge in [0.05, 0.1) is 5.56 Å². The highest BCUT2D eigenvalue weighted by atomic mass is 79.9. The maximum Gasteiger partial charge on any atom is 0.416 e. The Morgan fingerprint density at radius 3 is 2.48 bits per heavy atom. The van der Waals surface area contributed by atoms with Crippen molar-refractivity contribution in [2.24, 2.45) is 0 Å². The zero-order chi connectivity index (χ0) is 15.6. The molecule has 0 saturated heterocycles. The SMILES string of the molecule is Nc1ccc(O)c(CNc2ccc(C(F)(F)F)cc2Br)c1. The van der Waals surface area contributed by atoms with E-state index in [4.69, 9.17) is 5.73 Å². The molecule has 21 heavy (non-hydrogen) atoms. The first-order chi connectivity index (χ1) is 9.77. The predicted octanol–water partition coefficient (Wildman–Crippen LogP) is 4.37. The third-order valence-corrected chi connectivity index (χ3v) is 3.53. The highest BCUT2D eigenvalue weighted by Crippen LogP contribution is 2.34. The van der Waals surface area contributed by atoms with Gasteiger partial charge in [-0.1, -0.05) is 0 Å². The molecular weight excluding hydrogens is 349 g/mol. The Kier molecular flexibility index (Phi) is 4.32. The summed E-state index contributed by atoms with van der Waals surface area (Å²) >= 11 is 3.10. The topological polar surface area (TPSA) is 58.3 Å². The van der Waals surface area contributed by atoms with Crippen molar-refractivity contribution in [2.45, 2.75) is 12.7 Å². The molecule has 2 aromatic rings. The van der Waals surface area contributed by atoms with Gasteiger partial charge >= 0.3 is 6.18 Å². The summed E-state index contributed by atoms with van der Waals surface area (Å²) in [6.07, 6.45) is -4.38. The Morgan fingerprint density at radius 2 is 1.86 bits per heavy atom. The number of nitrogens with one attached hydrogen (secondary N) is 1. The summed E-state index contributed by atoms with van der Waals surface area (Å²) in [7, 11) is 0. The van der Waals surface area contributed by atoms with Crippen molar-refractivity contribution in [3.63, 3.8) is 0 Å². The highest BCUT2D eigenvalue weighted by Gasteiger charge is 2.30. The van der Waals surface area contributed by atoms with Crippen molar-refractivity contribution in [3.05, 3.63) is 52.0 Å². The van der Waals surface area contributed by atoms with Gasteiger partial charge in [0.25, 0.3) is 0 Å². The van der Waals surface area contributed by atoms with Gasteiger partial charge in [0.15, 0.2) is 0 Å². The summed E-state index contributed by atoms with van der Waals surface area (Å²) in [5, 5.41) is 12.6. The van der Waals surface area contributed by atoms with E-state index < -0.39 is 11.7 Å². The van der Waals surface area contributed by atoms with Gasteiger partial charge in [-0.2, -0.15) is 13.2 Å². The van der Waals surface area contributed by atoms with Crippen LogP contribution >= 0.6 is 15.9 Å². The van der Waals surface area contributed by atoms with E-state index in [1.54, 1.807) is 12.1 Å². The number of alkyl halides is 3. The number of rotatable bonds is 3. The lowest BCUT2D eigenvalue weighted by Crippen LogP contribution is -2.06. The quantitative estimate of drug-likeness (QED) is 0.562. The molecule has 0 saturated carbocycles. The summed E-state index contributed by atoms with van der Waals surface area (Å²) < 4.78 is 38.0. The number of nitrogen functional groups attached to an aromatic ring is 1. The second-order valence-corrected chi connectivity index (χ2v) is 5.29. The molecule has 0 aromatic heterocycles. The first kappa shape index (κ1) is 15.5. The zero-order valence-electron chi connectivity index (χ0n) is 10.7. The van der Waals surface area contributed by atoms with Gasteiger partial charge in [-0.15, -0.1) is 0 Å². The van der Waals surface area contributed by atoms with Gasteiger partial charge in [-0.05, 0) is 52.3 Å². The molecule has 0 amide bonds. The molecule has 0 spiro atoms. The van der Waals surface area contributed by atoms with Crippen molar-refractivity contribution in [1.29, 1.82) is 0 Å². The summed E-state index contributed by atoms with van der Waals surface area (Å²) in [6, 6.07) is 7.95. The molecule has 0 atom stereocenters. The standard InChI is InChI=1S/C14H12BrF3N2O/c15-11-6-9(14(16,17)18)1-3-12(11)20-7-8-5-10(19)2-4-13(8)21/h1-6,20-21H,7,19H2. The van der Waals surface area contributed by atoms with Crippen LogP contribution in [0.2, 0.25) is 0 Å². The number of benzene rings is 2. The van der Waals surface area contributed by atoms with Crippen LogP contribution in [0, 0.1) is 0 Å². The van der Waals surface area contributed by atoms with Gasteiger partial charge in [0.1, 0.15) is 5.75 Å². The molecule has 0 aliphatic carbocycles. The van der Waals surface area contributed by atoms with E-state index >= 15 is 0 Å². The number of hydrogen-bond donors (Lipinski definition) is 3. The Labute approximate surface area is 127 Å². The molecule has 0 bridgehead atoms. The Bertz CT molecular complexity index is 659. The first-order valence-electron chi connectivity index (χ1n) is 5.95. The van der Waals surface area contributed by atoms with Crippen molar-refractivity contribution in [3.8, 4) is 5.75 Å². The smallest absolute Gasteiger partial charge is 0.416 e. The molecule has 112 valence electrons. The van der Waals surface area contributed by atoms with E-state index in [1.165, 1.54) is 12.1 Å². The number of halogens is 4. The van der Waals surface area contributed by atoms with Gasteiger partial charge in [0, 0.05) is 28.0 Å². The molecule has 0 aliphatic rings. The van der Waals surface area contributed by atoms with E-state index in [9.17, 15) is 18.3 Å². The molecule has 0 unspecified atom stereocenters. The summed E-state index contributed by atoms with van der Waals surface area (Å²) in [6.45, 7) is 0.237. The van der Waals surface area contributed by atoms with Crippen LogP contribution in [0.5, 0.6) is 5.75 Å². The normalized spacial score (nSPS) is 11.4. The molecule has 7 heteroatoms. The maximum absolute atomic E-state index is 12.6. The van der Waals surface area contributed by atoms with Crippen LogP contribution in [-0.4, -0.2) is 5.11 Å². The van der Waals surface area contributed by atoms with Gasteiger partial charge in [0.2, 0.25) is 0 Å². The van der Waals surface area contributed by atoms with Crippen molar-refractivity contribution in [1.82, 2.24) is 0 Å². The summed E-state index contributed by atoms with van der Waals surface area (Å²) in [5.74, 6) is 0.0692. The zero-order valence-corrected chi connectivity index (χ0v) is 12.3. The molecule has 0 heterocycles. The van der Waals surface area contributed by atoms with Crippen LogP contribution in [0.15, 0.2) is 40.9 Å². The molecule has 3 nitrogen and oxygen atoms in total. The molecule has 0 fully saturated rings. The van der Waals surface area contributed by atoms with Crippen LogP contribution in [-0.2, 0) is 12.7 Å². The second-order valence-electron chi connectivity index (χ2n) is 4.43. The number of hydrogen-bond acceptors (Lipinski definition) is 3. The fraction of sp³-hybridized carbons (Fsp3) is 0.143. The minimum absolute atomic E-state index is 0.0692. The largest absolute Gasteiger partial charge is 0.508 e. The third kappa shape index (κ3) is 3.81. The maximum atomic E-state index is 12.6. The third-order valence-electron chi connectivity index (χ3n) is 2.87. The average Bonchev–Trinajstić information content (AvgIpc) is 2.40. The van der Waals surface area contributed by atoms with Gasteiger partial charge < -0.3 is 16.2 Å². The number of phenolic OH excluding ortho intramolecular Hbond substituents is 1. The molecule has 2 rings (SSSR count). The summed E-state index contributed by atoms with van der Waals surface area (Å²) in [4.78, 5) is 0. The van der Waals surface area contributed by atoms with E-state index in [-0.39, 0.29) is 12.3 Å². The molecule has 0 aliphatic heterocycles. The summed E-state index contributed by atoms with van der Waals surface area (Å²) in [5.41, 5.74) is 6.44. The average molecular weight is 361 g/mol. The first-order valence-corrected chi connectivity index (χ1v) is 6.74. The van der Waals surface area contributed by atoms with Gasteiger partial charge in [-0.3, -0.25) is 0 Å². The monoisotopic (exact) mass is 360 g/mol. The van der Waals surface area contributed by atoms with Crippen molar-refractivity contribution < 1.29 is 18.3 Å². The number of anilines is 2. The van der Waals surface area contributed by atoms with Gasteiger partial charge in [-0.25, -0.2) is 0 Å². The number of aromatic hydroxyl groups is 1. The molecule has 0 radical (unpaired) electrons. The van der Waals surface area contributed by atoms with Crippen LogP contribution in [0.3, 0.4) is 0 Å². The second kappa shape index (κ2) is 5.85. The number of nitrogens with two attached hydrogens (primary N) is 1. The molecule has 2 aromatic carbocycles. The van der Waals surface area contributed by atoms with E-state index in [1.807, 2.05) is 0 Å².